The van der Waals surface area contributed by atoms with Crippen molar-refractivity contribution in [2.24, 2.45) is 17.0 Å². The number of rotatable bonds is 3. The van der Waals surface area contributed by atoms with E-state index >= 15 is 0 Å². The van der Waals surface area contributed by atoms with Crippen LogP contribution >= 0.6 is 0 Å². The van der Waals surface area contributed by atoms with E-state index in [0.29, 0.717) is 18.0 Å². The van der Waals surface area contributed by atoms with Crippen LogP contribution in [0.5, 0.6) is 0 Å². The Balaban J connectivity index is 2.02. The van der Waals surface area contributed by atoms with Crippen molar-refractivity contribution in [1.29, 1.82) is 0 Å². The third-order valence-corrected chi connectivity index (χ3v) is 6.56. The van der Waals surface area contributed by atoms with Crippen molar-refractivity contribution in [3.63, 3.8) is 0 Å². The molecule has 23 heavy (non-hydrogen) atoms. The molecule has 2 atom stereocenters. The van der Waals surface area contributed by atoms with Gasteiger partial charge in [0.05, 0.1) is 16.6 Å². The maximum absolute atomic E-state index is 13.2. The Labute approximate surface area is 138 Å². The van der Waals surface area contributed by atoms with Crippen molar-refractivity contribution < 1.29 is 13.3 Å². The van der Waals surface area contributed by atoms with Gasteiger partial charge in [0, 0.05) is 12.5 Å². The number of aryl methyl sites for hydroxylation is 1. The Morgan fingerprint density at radius 2 is 1.96 bits per heavy atom. The van der Waals surface area contributed by atoms with Crippen LogP contribution in [0.4, 0.5) is 0 Å². The monoisotopic (exact) mass is 336 g/mol. The summed E-state index contributed by atoms with van der Waals surface area (Å²) in [4.78, 5) is 5.63. The van der Waals surface area contributed by atoms with Crippen molar-refractivity contribution in [3.05, 3.63) is 29.8 Å². The number of oxime groups is 1. The Hall–Kier alpha value is -1.40. The van der Waals surface area contributed by atoms with Gasteiger partial charge in [-0.05, 0) is 37.8 Å². The van der Waals surface area contributed by atoms with Crippen molar-refractivity contribution in [3.8, 4) is 0 Å². The molecule has 5 nitrogen and oxygen atoms in total. The molecule has 6 heteroatoms. The molecule has 126 valence electrons. The summed E-state index contributed by atoms with van der Waals surface area (Å²) in [5.74, 6) is 0.400. The van der Waals surface area contributed by atoms with Gasteiger partial charge in [0.15, 0.2) is 0 Å². The number of nitrogens with zero attached hydrogens (tertiary/aromatic N) is 2. The van der Waals surface area contributed by atoms with Crippen molar-refractivity contribution >= 4 is 15.7 Å². The number of sulfonamides is 1. The maximum atomic E-state index is 13.2. The topological polar surface area (TPSA) is 59.0 Å². The summed E-state index contributed by atoms with van der Waals surface area (Å²) in [5, 5.41) is 4.20. The number of hydrogen-bond donors (Lipinski definition) is 0. The highest BCUT2D eigenvalue weighted by Crippen LogP contribution is 2.32. The predicted octanol–water partition coefficient (Wildman–Crippen LogP) is 2.81. The standard InChI is InChI=1S/C17H24N2O3S/c1-12(2)17-16-14(11-22-18-16)5-4-10-19(17)23(20,21)15-8-6-13(3)7-9-15/h6-9,12,14,17H,4-5,10-11H2,1-3H3/t14-,17+/m1/s1. The lowest BCUT2D eigenvalue weighted by molar-refractivity contribution is 0.151. The van der Waals surface area contributed by atoms with E-state index < -0.39 is 10.0 Å². The minimum atomic E-state index is -3.54. The molecular formula is C17H24N2O3S. The second-order valence-electron chi connectivity index (χ2n) is 6.77. The van der Waals surface area contributed by atoms with Gasteiger partial charge < -0.3 is 4.84 Å². The van der Waals surface area contributed by atoms with Crippen LogP contribution in [-0.2, 0) is 14.9 Å². The molecule has 0 amide bonds. The molecule has 0 aromatic heterocycles. The molecule has 0 radical (unpaired) electrons. The molecule has 1 fully saturated rings. The first kappa shape index (κ1) is 16.5. The lowest BCUT2D eigenvalue weighted by Crippen LogP contribution is -2.48. The Morgan fingerprint density at radius 1 is 1.26 bits per heavy atom. The lowest BCUT2D eigenvalue weighted by Gasteiger charge is -2.32. The van der Waals surface area contributed by atoms with Crippen LogP contribution in [0.1, 0.15) is 32.3 Å². The third-order valence-electron chi connectivity index (χ3n) is 4.67. The van der Waals surface area contributed by atoms with Gasteiger partial charge in [0.1, 0.15) is 6.61 Å². The second-order valence-corrected chi connectivity index (χ2v) is 8.66. The fourth-order valence-corrected chi connectivity index (χ4v) is 5.23. The van der Waals surface area contributed by atoms with Crippen molar-refractivity contribution in [2.45, 2.75) is 44.6 Å². The zero-order valence-electron chi connectivity index (χ0n) is 13.9. The summed E-state index contributed by atoms with van der Waals surface area (Å²) in [6.45, 7) is 7.16. The first-order chi connectivity index (χ1) is 10.9. The second kappa shape index (κ2) is 6.24. The summed E-state index contributed by atoms with van der Waals surface area (Å²) in [6.07, 6.45) is 1.77. The number of benzene rings is 1. The van der Waals surface area contributed by atoms with E-state index in [1.165, 1.54) is 0 Å². The van der Waals surface area contributed by atoms with Crippen LogP contribution in [-0.4, -0.2) is 37.6 Å². The molecular weight excluding hydrogens is 312 g/mol. The van der Waals surface area contributed by atoms with E-state index in [2.05, 4.69) is 5.16 Å². The molecule has 1 saturated heterocycles. The fraction of sp³-hybridized carbons (Fsp3) is 0.588. The van der Waals surface area contributed by atoms with Crippen LogP contribution in [0.25, 0.3) is 0 Å². The van der Waals surface area contributed by atoms with Crippen LogP contribution in [0.15, 0.2) is 34.3 Å². The molecule has 0 unspecified atom stereocenters. The summed E-state index contributed by atoms with van der Waals surface area (Å²) in [6, 6.07) is 6.84. The molecule has 0 bridgehead atoms. The number of fused-ring (bicyclic) bond motifs is 1. The van der Waals surface area contributed by atoms with E-state index in [1.807, 2.05) is 32.9 Å². The van der Waals surface area contributed by atoms with E-state index in [1.54, 1.807) is 16.4 Å². The average molecular weight is 336 g/mol. The third kappa shape index (κ3) is 3.02. The van der Waals surface area contributed by atoms with Crippen molar-refractivity contribution in [1.82, 2.24) is 4.31 Å². The molecule has 2 aliphatic heterocycles. The molecule has 0 spiro atoms. The van der Waals surface area contributed by atoms with Gasteiger partial charge in [0.2, 0.25) is 10.0 Å². The van der Waals surface area contributed by atoms with Gasteiger partial charge >= 0.3 is 0 Å². The molecule has 1 aromatic rings. The average Bonchev–Trinajstić information content (AvgIpc) is 2.86. The first-order valence-electron chi connectivity index (χ1n) is 8.19. The Bertz CT molecular complexity index is 695. The molecule has 1 aromatic carbocycles. The molecule has 2 aliphatic rings. The normalized spacial score (nSPS) is 25.7. The lowest BCUT2D eigenvalue weighted by atomic mass is 9.90. The molecule has 0 aliphatic carbocycles. The molecule has 0 N–H and O–H groups in total. The SMILES string of the molecule is Cc1ccc(S(=O)(=O)N2CCC[C@@H]3CON=C3[C@@H]2C(C)C)cc1. The van der Waals surface area contributed by atoms with Crippen LogP contribution in [0.2, 0.25) is 0 Å². The smallest absolute Gasteiger partial charge is 0.243 e. The van der Waals surface area contributed by atoms with Gasteiger partial charge in [-0.2, -0.15) is 4.31 Å². The summed E-state index contributed by atoms with van der Waals surface area (Å²) >= 11 is 0. The van der Waals surface area contributed by atoms with Gasteiger partial charge in [-0.15, -0.1) is 0 Å². The van der Waals surface area contributed by atoms with E-state index in [4.69, 9.17) is 4.84 Å². The minimum absolute atomic E-state index is 0.149. The summed E-state index contributed by atoms with van der Waals surface area (Å²) in [5.41, 5.74) is 1.95. The largest absolute Gasteiger partial charge is 0.395 e. The van der Waals surface area contributed by atoms with Crippen LogP contribution < -0.4 is 0 Å². The maximum Gasteiger partial charge on any atom is 0.243 e. The van der Waals surface area contributed by atoms with E-state index in [0.717, 1.165) is 24.1 Å². The zero-order valence-corrected chi connectivity index (χ0v) is 14.7. The molecule has 2 heterocycles. The molecule has 0 saturated carbocycles. The highest BCUT2D eigenvalue weighted by molar-refractivity contribution is 7.89. The van der Waals surface area contributed by atoms with Crippen LogP contribution in [0, 0.1) is 18.8 Å². The zero-order chi connectivity index (χ0) is 16.6. The Kier molecular flexibility index (Phi) is 4.47. The highest BCUT2D eigenvalue weighted by Gasteiger charge is 2.43. The van der Waals surface area contributed by atoms with E-state index in [9.17, 15) is 8.42 Å². The van der Waals surface area contributed by atoms with Gasteiger partial charge in [-0.1, -0.05) is 36.7 Å². The Morgan fingerprint density at radius 3 is 2.61 bits per heavy atom. The fourth-order valence-electron chi connectivity index (χ4n) is 3.46. The first-order valence-corrected chi connectivity index (χ1v) is 9.63. The van der Waals surface area contributed by atoms with Crippen LogP contribution in [0.3, 0.4) is 0 Å². The quantitative estimate of drug-likeness (QED) is 0.853. The highest BCUT2D eigenvalue weighted by atomic mass is 32.2. The minimum Gasteiger partial charge on any atom is -0.395 e. The van der Waals surface area contributed by atoms with E-state index in [-0.39, 0.29) is 17.9 Å². The van der Waals surface area contributed by atoms with Gasteiger partial charge in [-0.3, -0.25) is 0 Å². The predicted molar refractivity (Wildman–Crippen MR) is 89.8 cm³/mol. The molecule has 3 rings (SSSR count). The summed E-state index contributed by atoms with van der Waals surface area (Å²) < 4.78 is 28.0. The van der Waals surface area contributed by atoms with Gasteiger partial charge in [-0.25, -0.2) is 8.42 Å². The van der Waals surface area contributed by atoms with Gasteiger partial charge in [0.25, 0.3) is 0 Å². The number of hydrogen-bond acceptors (Lipinski definition) is 4. The van der Waals surface area contributed by atoms with Crippen molar-refractivity contribution in [2.75, 3.05) is 13.2 Å². The summed E-state index contributed by atoms with van der Waals surface area (Å²) in [7, 11) is -3.54.